The lowest BCUT2D eigenvalue weighted by atomic mass is 10.2. The van der Waals surface area contributed by atoms with Crippen LogP contribution in [0.3, 0.4) is 0 Å². The second-order valence-corrected chi connectivity index (χ2v) is 5.32. The molecule has 0 aliphatic carbocycles. The van der Waals surface area contributed by atoms with E-state index in [1.54, 1.807) is 18.4 Å². The highest BCUT2D eigenvalue weighted by Gasteiger charge is 2.07. The van der Waals surface area contributed by atoms with Gasteiger partial charge in [0.1, 0.15) is 17.2 Å². The SMILES string of the molecule is CNC(=O)C[NH2+]Cc1csc(-c2ccc(Cl)cc2)n1. The summed E-state index contributed by atoms with van der Waals surface area (Å²) >= 11 is 7.45. The maximum Gasteiger partial charge on any atom is 0.274 e. The summed E-state index contributed by atoms with van der Waals surface area (Å²) < 4.78 is 0. The van der Waals surface area contributed by atoms with Crippen LogP contribution in [0.1, 0.15) is 5.69 Å². The van der Waals surface area contributed by atoms with Crippen molar-refractivity contribution in [3.63, 3.8) is 0 Å². The zero-order chi connectivity index (χ0) is 13.7. The molecule has 1 heterocycles. The molecule has 0 radical (unpaired) electrons. The van der Waals surface area contributed by atoms with Crippen molar-refractivity contribution in [2.75, 3.05) is 13.6 Å². The van der Waals surface area contributed by atoms with Crippen molar-refractivity contribution in [1.82, 2.24) is 10.3 Å². The first kappa shape index (κ1) is 14.0. The molecule has 1 amide bonds. The molecule has 1 aromatic heterocycles. The topological polar surface area (TPSA) is 58.6 Å². The zero-order valence-corrected chi connectivity index (χ0v) is 12.1. The fraction of sp³-hybridized carbons (Fsp3) is 0.231. The van der Waals surface area contributed by atoms with Crippen molar-refractivity contribution < 1.29 is 10.1 Å². The number of likely N-dealkylation sites (N-methyl/N-ethyl adjacent to an activating group) is 1. The maximum atomic E-state index is 11.1. The van der Waals surface area contributed by atoms with Crippen LogP contribution >= 0.6 is 22.9 Å². The van der Waals surface area contributed by atoms with E-state index in [9.17, 15) is 4.79 Å². The molecule has 2 rings (SSSR count). The molecule has 4 nitrogen and oxygen atoms in total. The van der Waals surface area contributed by atoms with Gasteiger partial charge in [0.05, 0.1) is 0 Å². The quantitative estimate of drug-likeness (QED) is 0.873. The average molecular weight is 297 g/mol. The summed E-state index contributed by atoms with van der Waals surface area (Å²) in [4.78, 5) is 15.6. The lowest BCUT2D eigenvalue weighted by Crippen LogP contribution is -2.85. The first-order chi connectivity index (χ1) is 9.19. The number of aromatic nitrogens is 1. The fourth-order valence-corrected chi connectivity index (χ4v) is 2.54. The number of benzene rings is 1. The van der Waals surface area contributed by atoms with Crippen LogP contribution < -0.4 is 10.6 Å². The van der Waals surface area contributed by atoms with E-state index in [0.29, 0.717) is 13.1 Å². The van der Waals surface area contributed by atoms with Crippen LogP contribution in [-0.4, -0.2) is 24.5 Å². The molecule has 0 atom stereocenters. The number of hydrogen-bond acceptors (Lipinski definition) is 3. The van der Waals surface area contributed by atoms with Crippen molar-refractivity contribution in [2.45, 2.75) is 6.54 Å². The number of amides is 1. The van der Waals surface area contributed by atoms with Gasteiger partial charge in [0, 0.05) is 23.0 Å². The number of quaternary nitrogens is 1. The third kappa shape index (κ3) is 4.02. The van der Waals surface area contributed by atoms with Gasteiger partial charge in [-0.3, -0.25) is 4.79 Å². The van der Waals surface area contributed by atoms with Gasteiger partial charge in [-0.15, -0.1) is 11.3 Å². The Morgan fingerprint density at radius 2 is 2.16 bits per heavy atom. The Kier molecular flexibility index (Phi) is 4.90. The van der Waals surface area contributed by atoms with E-state index in [1.165, 1.54) is 0 Å². The molecular weight excluding hydrogens is 282 g/mol. The van der Waals surface area contributed by atoms with Gasteiger partial charge in [-0.25, -0.2) is 4.98 Å². The van der Waals surface area contributed by atoms with E-state index >= 15 is 0 Å². The number of halogens is 1. The number of nitrogens with one attached hydrogen (secondary N) is 1. The Hall–Kier alpha value is -1.43. The molecule has 1 aromatic carbocycles. The number of carbonyl (C=O) groups is 1. The number of rotatable bonds is 5. The second kappa shape index (κ2) is 6.65. The van der Waals surface area contributed by atoms with Crippen LogP contribution in [0, 0.1) is 0 Å². The van der Waals surface area contributed by atoms with E-state index < -0.39 is 0 Å². The Labute approximate surface area is 120 Å². The van der Waals surface area contributed by atoms with Crippen LogP contribution in [-0.2, 0) is 11.3 Å². The molecule has 19 heavy (non-hydrogen) atoms. The Morgan fingerprint density at radius 1 is 1.42 bits per heavy atom. The van der Waals surface area contributed by atoms with Crippen molar-refractivity contribution in [1.29, 1.82) is 0 Å². The van der Waals surface area contributed by atoms with Crippen LogP contribution in [0.4, 0.5) is 0 Å². The summed E-state index contributed by atoms with van der Waals surface area (Å²) in [6, 6.07) is 7.63. The van der Waals surface area contributed by atoms with Gasteiger partial charge in [0.15, 0.2) is 6.54 Å². The molecule has 0 saturated heterocycles. The molecule has 0 fully saturated rings. The molecule has 3 N–H and O–H groups in total. The summed E-state index contributed by atoms with van der Waals surface area (Å²) in [6.07, 6.45) is 0. The van der Waals surface area contributed by atoms with Gasteiger partial charge in [-0.05, 0) is 12.1 Å². The van der Waals surface area contributed by atoms with Crippen LogP contribution in [0.5, 0.6) is 0 Å². The number of carbonyl (C=O) groups excluding carboxylic acids is 1. The highest BCUT2D eigenvalue weighted by atomic mass is 35.5. The largest absolute Gasteiger partial charge is 0.354 e. The van der Waals surface area contributed by atoms with Crippen LogP contribution in [0.15, 0.2) is 29.6 Å². The molecule has 6 heteroatoms. The highest BCUT2D eigenvalue weighted by Crippen LogP contribution is 2.24. The molecule has 100 valence electrons. The third-order valence-electron chi connectivity index (χ3n) is 2.60. The molecular formula is C13H15ClN3OS+. The van der Waals surface area contributed by atoms with Gasteiger partial charge >= 0.3 is 0 Å². The first-order valence-electron chi connectivity index (χ1n) is 5.91. The zero-order valence-electron chi connectivity index (χ0n) is 10.5. The minimum atomic E-state index is 0.0214. The van der Waals surface area contributed by atoms with E-state index in [-0.39, 0.29) is 5.91 Å². The van der Waals surface area contributed by atoms with Gasteiger partial charge in [0.2, 0.25) is 0 Å². The number of hydrogen-bond donors (Lipinski definition) is 2. The normalized spacial score (nSPS) is 10.4. The Bertz CT molecular complexity index is 553. The summed E-state index contributed by atoms with van der Waals surface area (Å²) in [5.74, 6) is 0.0214. The van der Waals surface area contributed by atoms with E-state index in [4.69, 9.17) is 11.6 Å². The first-order valence-corrected chi connectivity index (χ1v) is 7.17. The summed E-state index contributed by atoms with van der Waals surface area (Å²) in [5, 5.41) is 8.23. The van der Waals surface area contributed by atoms with Crippen LogP contribution in [0.25, 0.3) is 10.6 Å². The van der Waals surface area contributed by atoms with Gasteiger partial charge in [-0.2, -0.15) is 0 Å². The number of nitrogens with two attached hydrogens (primary N) is 1. The van der Waals surface area contributed by atoms with E-state index in [0.717, 1.165) is 21.3 Å². The number of nitrogens with zero attached hydrogens (tertiary/aromatic N) is 1. The van der Waals surface area contributed by atoms with Crippen LogP contribution in [0.2, 0.25) is 5.02 Å². The van der Waals surface area contributed by atoms with Crippen molar-refractivity contribution in [3.8, 4) is 10.6 Å². The standard InChI is InChI=1S/C13H14ClN3OS/c1-15-12(18)7-16-6-11-8-19-13(17-11)9-2-4-10(14)5-3-9/h2-5,8,16H,6-7H2,1H3,(H,15,18)/p+1. The Morgan fingerprint density at radius 3 is 2.84 bits per heavy atom. The molecule has 0 saturated carbocycles. The lowest BCUT2D eigenvalue weighted by molar-refractivity contribution is -0.660. The summed E-state index contributed by atoms with van der Waals surface area (Å²) in [6.45, 7) is 1.13. The molecule has 0 unspecified atom stereocenters. The van der Waals surface area contributed by atoms with Crippen molar-refractivity contribution >= 4 is 28.8 Å². The second-order valence-electron chi connectivity index (χ2n) is 4.02. The molecule has 0 bridgehead atoms. The minimum Gasteiger partial charge on any atom is -0.354 e. The van der Waals surface area contributed by atoms with Gasteiger partial charge in [-0.1, -0.05) is 23.7 Å². The fourth-order valence-electron chi connectivity index (χ4n) is 1.58. The van der Waals surface area contributed by atoms with Crippen molar-refractivity contribution in [2.24, 2.45) is 0 Å². The third-order valence-corrected chi connectivity index (χ3v) is 3.80. The van der Waals surface area contributed by atoms with E-state index in [1.807, 2.05) is 35.0 Å². The molecule has 2 aromatic rings. The summed E-state index contributed by atoms with van der Waals surface area (Å²) in [7, 11) is 1.64. The predicted molar refractivity (Wildman–Crippen MR) is 77.1 cm³/mol. The predicted octanol–water partition coefficient (Wildman–Crippen LogP) is 1.27. The molecule has 0 spiro atoms. The Balaban J connectivity index is 1.95. The van der Waals surface area contributed by atoms with Gasteiger partial charge in [0.25, 0.3) is 5.91 Å². The average Bonchev–Trinajstić information content (AvgIpc) is 2.88. The van der Waals surface area contributed by atoms with Crippen molar-refractivity contribution in [3.05, 3.63) is 40.4 Å². The number of thiazole rings is 1. The molecule has 0 aliphatic heterocycles. The minimum absolute atomic E-state index is 0.0214. The highest BCUT2D eigenvalue weighted by molar-refractivity contribution is 7.13. The monoisotopic (exact) mass is 296 g/mol. The smallest absolute Gasteiger partial charge is 0.274 e. The maximum absolute atomic E-state index is 11.1. The van der Waals surface area contributed by atoms with E-state index in [2.05, 4.69) is 10.3 Å². The summed E-state index contributed by atoms with van der Waals surface area (Å²) in [5.41, 5.74) is 2.05. The molecule has 0 aliphatic rings. The van der Waals surface area contributed by atoms with Gasteiger partial charge < -0.3 is 10.6 Å². The lowest BCUT2D eigenvalue weighted by Gasteiger charge is -1.98.